The third-order valence-corrected chi connectivity index (χ3v) is 18.0. The third-order valence-electron chi connectivity index (χ3n) is 18.0. The second-order valence-electron chi connectivity index (χ2n) is 24.6. The molecule has 14 nitrogen and oxygen atoms in total. The Morgan fingerprint density at radius 1 is 0.930 bits per heavy atom. The lowest BCUT2D eigenvalue weighted by Crippen LogP contribution is -2.70. The van der Waals surface area contributed by atoms with E-state index >= 15 is 4.79 Å². The van der Waals surface area contributed by atoms with Gasteiger partial charge in [0.15, 0.2) is 11.8 Å². The molecule has 2 amide bonds. The van der Waals surface area contributed by atoms with Crippen LogP contribution in [0.5, 0.6) is 0 Å². The Hall–Kier alpha value is -4.18. The summed E-state index contributed by atoms with van der Waals surface area (Å²) in [5, 5.41) is 15.1. The minimum Gasteiger partial charge on any atom is -0.460 e. The Kier molecular flexibility index (Phi) is 12.5. The van der Waals surface area contributed by atoms with Crippen LogP contribution in [0.1, 0.15) is 135 Å². The minimum absolute atomic E-state index is 0.0215. The molecule has 11 rings (SSSR count). The van der Waals surface area contributed by atoms with E-state index in [1.165, 1.54) is 10.5 Å². The van der Waals surface area contributed by atoms with Crippen molar-refractivity contribution in [1.82, 2.24) is 15.3 Å². The molecule has 14 heteroatoms. The van der Waals surface area contributed by atoms with Crippen molar-refractivity contribution in [2.45, 2.75) is 197 Å². The number of ether oxygens (including phenoxy) is 5. The van der Waals surface area contributed by atoms with E-state index in [-0.39, 0.29) is 61.2 Å². The zero-order chi connectivity index (χ0) is 49.8. The van der Waals surface area contributed by atoms with Crippen LogP contribution >= 0.6 is 0 Å². The number of nitrogens with one attached hydrogen (secondary N) is 1. The van der Waals surface area contributed by atoms with E-state index in [0.717, 1.165) is 74.5 Å². The molecule has 71 heavy (non-hydrogen) atoms. The van der Waals surface area contributed by atoms with Gasteiger partial charge in [-0.1, -0.05) is 80.1 Å². The summed E-state index contributed by atoms with van der Waals surface area (Å²) >= 11 is 0. The van der Waals surface area contributed by atoms with Gasteiger partial charge in [-0.05, 0) is 126 Å². The Morgan fingerprint density at radius 2 is 1.63 bits per heavy atom. The predicted molar refractivity (Wildman–Crippen MR) is 261 cm³/mol. The maximum absolute atomic E-state index is 16.1. The van der Waals surface area contributed by atoms with Crippen LogP contribution in [-0.4, -0.2) is 118 Å². The Balaban J connectivity index is 0.929. The smallest absolute Gasteiger partial charge is 0.327 e. The molecule has 5 aliphatic carbocycles. The quantitative estimate of drug-likeness (QED) is 0.136. The highest BCUT2D eigenvalue weighted by Gasteiger charge is 2.78. The van der Waals surface area contributed by atoms with Gasteiger partial charge in [0.25, 0.3) is 0 Å². The van der Waals surface area contributed by atoms with Gasteiger partial charge in [0.05, 0.1) is 30.9 Å². The first kappa shape index (κ1) is 49.1. The van der Waals surface area contributed by atoms with E-state index in [0.29, 0.717) is 11.8 Å². The molecule has 2 N–H and O–H groups in total. The molecular formula is C57H75N3O11. The summed E-state index contributed by atoms with van der Waals surface area (Å²) in [4.78, 5) is 67.1. The van der Waals surface area contributed by atoms with Crippen LogP contribution in [-0.2, 0) is 60.7 Å². The number of carbonyl (C=O) groups is 4. The molecule has 2 aromatic rings. The van der Waals surface area contributed by atoms with Gasteiger partial charge in [-0.3, -0.25) is 24.0 Å². The number of hydrogen-bond donors (Lipinski definition) is 2. The molecule has 4 saturated heterocycles. The first-order valence-corrected chi connectivity index (χ1v) is 26.7. The van der Waals surface area contributed by atoms with Crippen molar-refractivity contribution in [3.05, 3.63) is 76.9 Å². The fraction of sp³-hybridized carbons (Fsp3) is 0.684. The molecule has 0 spiro atoms. The van der Waals surface area contributed by atoms with Gasteiger partial charge in [0.1, 0.15) is 41.5 Å². The molecule has 1 unspecified atom stereocenters. The SMILES string of the molecule is CN(C(=O)[C@@]12C[C@H]3OC(=O)[C@@H]1N(Cc1ccccc1C=C1CCC4O[C@]4(C)CC[C@@H]4[C@@H]1CC4(C)C)O[C@@H]2[C@H]1OC(C2CC2)(C2CC2)O[C@H]13)[C@H](Cc1ccccc1)C(=O)N[C@H](CO)CCC(=O)OC(C)(C)C. The van der Waals surface area contributed by atoms with E-state index in [1.54, 1.807) is 32.9 Å². The number of fused-ring (bicyclic) bond motifs is 6. The van der Waals surface area contributed by atoms with Crippen LogP contribution in [0.25, 0.3) is 6.08 Å². The van der Waals surface area contributed by atoms with Gasteiger partial charge in [-0.15, -0.1) is 0 Å². The number of esters is 2. The number of carbonyl (C=O) groups excluding carboxylic acids is 4. The van der Waals surface area contributed by atoms with Crippen LogP contribution in [0, 0.1) is 34.5 Å². The molecule has 12 atom stereocenters. The number of benzene rings is 2. The second kappa shape index (κ2) is 18.0. The van der Waals surface area contributed by atoms with Crippen molar-refractivity contribution in [3.63, 3.8) is 0 Å². The Bertz CT molecular complexity index is 2420. The van der Waals surface area contributed by atoms with Gasteiger partial charge in [0, 0.05) is 38.1 Å². The number of nitrogens with zero attached hydrogens (tertiary/aromatic N) is 2. The fourth-order valence-corrected chi connectivity index (χ4v) is 13.9. The fourth-order valence-electron chi connectivity index (χ4n) is 13.9. The molecular weight excluding hydrogens is 903 g/mol. The van der Waals surface area contributed by atoms with Gasteiger partial charge in [-0.2, -0.15) is 5.06 Å². The van der Waals surface area contributed by atoms with Crippen LogP contribution in [0.2, 0.25) is 0 Å². The zero-order valence-corrected chi connectivity index (χ0v) is 42.7. The molecule has 4 aliphatic heterocycles. The molecule has 384 valence electrons. The van der Waals surface area contributed by atoms with E-state index in [2.05, 4.69) is 50.4 Å². The normalized spacial score (nSPS) is 35.8. The number of aliphatic hydroxyl groups is 1. The Labute approximate surface area is 418 Å². The highest BCUT2D eigenvalue weighted by molar-refractivity contribution is 5.96. The standard InChI is InChI=1S/C57H75N3O11/c1-53(2,3)68-45(62)24-22-39(32-61)58-50(63)42(27-33-13-9-8-10-14-33)59(7)52(65)56-30-43-46-47(70-57(69-46,37-18-19-37)38-20-21-38)49(56)71-60(48(56)51(64)66-43)31-36-16-12-11-15-34(36)28-35-17-23-44-55(6,67-44)26-25-41-40(35)29-54(41,4)5/h8-16,28,37-44,46-49,61H,17-27,29-32H2,1-7H3,(H,58,63)/t39-,40+,41+,42+,43+,44?,46-,47-,48-,49+,55+,56-/m0/s1. The van der Waals surface area contributed by atoms with Crippen LogP contribution in [0.4, 0.5) is 0 Å². The topological polar surface area (TPSA) is 166 Å². The predicted octanol–water partition coefficient (Wildman–Crippen LogP) is 7.23. The molecule has 2 aromatic carbocycles. The molecule has 5 saturated carbocycles. The summed E-state index contributed by atoms with van der Waals surface area (Å²) < 4.78 is 32.5. The van der Waals surface area contributed by atoms with Crippen LogP contribution < -0.4 is 5.32 Å². The lowest BCUT2D eigenvalue weighted by molar-refractivity contribution is -0.235. The number of hydroxylamine groups is 2. The number of amides is 2. The van der Waals surface area contributed by atoms with Crippen molar-refractivity contribution < 1.29 is 52.8 Å². The Morgan fingerprint density at radius 3 is 2.32 bits per heavy atom. The van der Waals surface area contributed by atoms with E-state index in [4.69, 9.17) is 28.5 Å². The van der Waals surface area contributed by atoms with Crippen LogP contribution in [0.15, 0.2) is 60.2 Å². The first-order chi connectivity index (χ1) is 33.8. The zero-order valence-electron chi connectivity index (χ0n) is 42.7. The van der Waals surface area contributed by atoms with Crippen molar-refractivity contribution in [2.24, 2.45) is 34.5 Å². The number of likely N-dealkylation sites (N-methyl/N-ethyl adjacent to an activating group) is 1. The van der Waals surface area contributed by atoms with Gasteiger partial charge < -0.3 is 39.0 Å². The lowest BCUT2D eigenvalue weighted by atomic mass is 9.52. The van der Waals surface area contributed by atoms with E-state index < -0.39 is 89.7 Å². The average molecular weight is 978 g/mol. The summed E-state index contributed by atoms with van der Waals surface area (Å²) in [6, 6.07) is 14.7. The minimum atomic E-state index is -1.52. The molecule has 0 radical (unpaired) electrons. The van der Waals surface area contributed by atoms with E-state index in [1.807, 2.05) is 36.4 Å². The summed E-state index contributed by atoms with van der Waals surface area (Å²) in [7, 11) is 1.62. The number of aliphatic hydroxyl groups excluding tert-OH is 1. The van der Waals surface area contributed by atoms with Crippen molar-refractivity contribution in [1.29, 1.82) is 0 Å². The van der Waals surface area contributed by atoms with Crippen molar-refractivity contribution >= 4 is 29.8 Å². The average Bonchev–Trinajstić information content (AvgIpc) is 4.28. The maximum Gasteiger partial charge on any atom is 0.327 e. The van der Waals surface area contributed by atoms with Crippen molar-refractivity contribution in [3.8, 4) is 0 Å². The highest BCUT2D eigenvalue weighted by Crippen LogP contribution is 2.65. The number of epoxide rings is 1. The molecule has 4 heterocycles. The number of hydrogen-bond acceptors (Lipinski definition) is 12. The molecule has 0 aromatic heterocycles. The third kappa shape index (κ3) is 8.98. The molecule has 9 fully saturated rings. The highest BCUT2D eigenvalue weighted by atomic mass is 16.8. The van der Waals surface area contributed by atoms with Gasteiger partial charge in [-0.25, -0.2) is 0 Å². The summed E-state index contributed by atoms with van der Waals surface area (Å²) in [6.07, 6.45) is 9.23. The molecule has 9 aliphatic rings. The monoisotopic (exact) mass is 978 g/mol. The summed E-state index contributed by atoms with van der Waals surface area (Å²) in [5.74, 6) is -1.27. The second-order valence-corrected chi connectivity index (χ2v) is 24.6. The maximum atomic E-state index is 16.1. The molecule has 2 bridgehead atoms. The largest absolute Gasteiger partial charge is 0.460 e. The first-order valence-electron chi connectivity index (χ1n) is 26.7. The lowest BCUT2D eigenvalue weighted by Gasteiger charge is -2.53. The summed E-state index contributed by atoms with van der Waals surface area (Å²) in [6.45, 7) is 12.2. The number of allylic oxidation sites excluding steroid dienone is 1. The van der Waals surface area contributed by atoms with E-state index in [9.17, 15) is 19.5 Å². The van der Waals surface area contributed by atoms with Crippen LogP contribution in [0.3, 0.4) is 0 Å². The summed E-state index contributed by atoms with van der Waals surface area (Å²) in [5.41, 5.74) is 2.29. The number of rotatable bonds is 15. The van der Waals surface area contributed by atoms with Crippen molar-refractivity contribution in [2.75, 3.05) is 13.7 Å². The van der Waals surface area contributed by atoms with Gasteiger partial charge in [0.2, 0.25) is 11.8 Å². The van der Waals surface area contributed by atoms with Gasteiger partial charge >= 0.3 is 11.9 Å².